The molecular weight excluding hydrogens is 358 g/mol. The first-order chi connectivity index (χ1) is 13.2. The van der Waals surface area contributed by atoms with E-state index < -0.39 is 17.8 Å². The van der Waals surface area contributed by atoms with Crippen molar-refractivity contribution in [1.29, 1.82) is 0 Å². The lowest BCUT2D eigenvalue weighted by molar-refractivity contribution is -0.143. The van der Waals surface area contributed by atoms with Gasteiger partial charge in [-0.05, 0) is 37.0 Å². The van der Waals surface area contributed by atoms with Crippen molar-refractivity contribution in [2.45, 2.75) is 39.5 Å². The fourth-order valence-electron chi connectivity index (χ4n) is 4.30. The molecule has 1 aliphatic carbocycles. The lowest BCUT2D eigenvalue weighted by Crippen LogP contribution is -2.39. The Hall–Kier alpha value is -2.63. The van der Waals surface area contributed by atoms with Gasteiger partial charge in [0.05, 0.1) is 21.3 Å². The zero-order valence-corrected chi connectivity index (χ0v) is 17.3. The van der Waals surface area contributed by atoms with Crippen molar-refractivity contribution in [1.82, 2.24) is 0 Å². The second kappa shape index (κ2) is 7.41. The van der Waals surface area contributed by atoms with Gasteiger partial charge < -0.3 is 14.2 Å². The van der Waals surface area contributed by atoms with Crippen LogP contribution in [0, 0.1) is 11.3 Å². The van der Waals surface area contributed by atoms with Gasteiger partial charge in [0, 0.05) is 34.9 Å². The summed E-state index contributed by atoms with van der Waals surface area (Å²) in [6, 6.07) is 5.41. The van der Waals surface area contributed by atoms with Gasteiger partial charge in [0.15, 0.2) is 5.78 Å². The standard InChI is InChI=1S/C22H27NO5/c1-12-18(21(25)28-6)19(14-9-13(26-4)7-8-17(14)27-5)20-15(23-12)10-22(2,3)11-16(20)24/h7-9,18-19H,10-11H2,1-6H3/t18?,19-/m1/s1. The minimum atomic E-state index is -0.685. The molecule has 1 unspecified atom stereocenters. The number of methoxy groups -OCH3 is 3. The monoisotopic (exact) mass is 385 g/mol. The van der Waals surface area contributed by atoms with E-state index in [0.717, 1.165) is 11.3 Å². The van der Waals surface area contributed by atoms with Gasteiger partial charge in [0.1, 0.15) is 17.4 Å². The van der Waals surface area contributed by atoms with Gasteiger partial charge in [-0.15, -0.1) is 0 Å². The van der Waals surface area contributed by atoms with Crippen LogP contribution in [0.3, 0.4) is 0 Å². The molecule has 28 heavy (non-hydrogen) atoms. The highest BCUT2D eigenvalue weighted by molar-refractivity contribution is 6.09. The van der Waals surface area contributed by atoms with Gasteiger partial charge in [0.2, 0.25) is 0 Å². The van der Waals surface area contributed by atoms with Crippen LogP contribution in [0.25, 0.3) is 0 Å². The largest absolute Gasteiger partial charge is 0.497 e. The van der Waals surface area contributed by atoms with E-state index in [1.165, 1.54) is 7.11 Å². The van der Waals surface area contributed by atoms with Crippen LogP contribution in [-0.4, -0.2) is 38.8 Å². The van der Waals surface area contributed by atoms with Gasteiger partial charge >= 0.3 is 5.97 Å². The lowest BCUT2D eigenvalue weighted by atomic mass is 9.66. The van der Waals surface area contributed by atoms with Crippen LogP contribution in [0.1, 0.15) is 45.1 Å². The summed E-state index contributed by atoms with van der Waals surface area (Å²) in [6.07, 6.45) is 1.10. The van der Waals surface area contributed by atoms with Crippen LogP contribution in [0.5, 0.6) is 11.5 Å². The number of aliphatic imine (C=N–C) groups is 1. The Kier molecular flexibility index (Phi) is 5.33. The molecule has 3 rings (SSSR count). The topological polar surface area (TPSA) is 74.2 Å². The second-order valence-corrected chi connectivity index (χ2v) is 8.14. The Bertz CT molecular complexity index is 881. The molecule has 0 radical (unpaired) electrons. The molecule has 1 heterocycles. The van der Waals surface area contributed by atoms with Crippen molar-refractivity contribution < 1.29 is 23.8 Å². The normalized spacial score (nSPS) is 23.6. The highest BCUT2D eigenvalue weighted by Crippen LogP contribution is 2.50. The first-order valence-corrected chi connectivity index (χ1v) is 9.33. The van der Waals surface area contributed by atoms with Gasteiger partial charge in [-0.1, -0.05) is 13.8 Å². The molecule has 0 N–H and O–H groups in total. The highest BCUT2D eigenvalue weighted by Gasteiger charge is 2.46. The van der Waals surface area contributed by atoms with Gasteiger partial charge in [-0.3, -0.25) is 14.6 Å². The number of hydrogen-bond donors (Lipinski definition) is 0. The molecule has 2 aliphatic rings. The molecule has 1 aromatic rings. The molecule has 0 bridgehead atoms. The molecule has 1 aromatic carbocycles. The predicted octanol–water partition coefficient (Wildman–Crippen LogP) is 3.69. The maximum atomic E-state index is 13.2. The van der Waals surface area contributed by atoms with Gasteiger partial charge in [-0.2, -0.15) is 0 Å². The number of Topliss-reactive ketones (excluding diaryl/α,β-unsaturated/α-hetero) is 1. The fourth-order valence-corrected chi connectivity index (χ4v) is 4.30. The Labute approximate surface area is 165 Å². The van der Waals surface area contributed by atoms with Gasteiger partial charge in [0.25, 0.3) is 0 Å². The van der Waals surface area contributed by atoms with Crippen molar-refractivity contribution in [3.8, 4) is 11.5 Å². The van der Waals surface area contributed by atoms with Crippen LogP contribution in [0.2, 0.25) is 0 Å². The van der Waals surface area contributed by atoms with Gasteiger partial charge in [-0.25, -0.2) is 0 Å². The zero-order valence-electron chi connectivity index (χ0n) is 17.3. The van der Waals surface area contributed by atoms with E-state index in [2.05, 4.69) is 18.8 Å². The first-order valence-electron chi connectivity index (χ1n) is 9.33. The average Bonchev–Trinajstić information content (AvgIpc) is 2.64. The van der Waals surface area contributed by atoms with E-state index in [9.17, 15) is 9.59 Å². The number of esters is 1. The van der Waals surface area contributed by atoms with Crippen molar-refractivity contribution in [2.24, 2.45) is 16.3 Å². The fraction of sp³-hybridized carbons (Fsp3) is 0.500. The Morgan fingerprint density at radius 2 is 1.86 bits per heavy atom. The number of carbonyl (C=O) groups excluding carboxylic acids is 2. The van der Waals surface area contributed by atoms with Crippen molar-refractivity contribution in [2.75, 3.05) is 21.3 Å². The van der Waals surface area contributed by atoms with E-state index in [4.69, 9.17) is 14.2 Å². The Morgan fingerprint density at radius 1 is 1.14 bits per heavy atom. The quantitative estimate of drug-likeness (QED) is 0.739. The van der Waals surface area contributed by atoms with Crippen molar-refractivity contribution in [3.05, 3.63) is 35.0 Å². The van der Waals surface area contributed by atoms with Crippen molar-refractivity contribution in [3.63, 3.8) is 0 Å². The number of ketones is 1. The third-order valence-electron chi connectivity index (χ3n) is 5.53. The molecule has 0 aromatic heterocycles. The zero-order chi connectivity index (χ0) is 20.6. The SMILES string of the molecule is COC(=O)C1C(C)=NC2=C(C(=O)CC(C)(C)C2)[C@@H]1c1cc(OC)ccc1OC. The molecule has 0 fully saturated rings. The van der Waals surface area contributed by atoms with Crippen LogP contribution < -0.4 is 9.47 Å². The summed E-state index contributed by atoms with van der Waals surface area (Å²) in [6.45, 7) is 5.94. The summed E-state index contributed by atoms with van der Waals surface area (Å²) >= 11 is 0. The van der Waals surface area contributed by atoms with Crippen molar-refractivity contribution >= 4 is 17.5 Å². The predicted molar refractivity (Wildman–Crippen MR) is 106 cm³/mol. The summed E-state index contributed by atoms with van der Waals surface area (Å²) in [5.41, 5.74) is 2.56. The van der Waals surface area contributed by atoms with Crippen LogP contribution in [0.15, 0.2) is 34.5 Å². The summed E-state index contributed by atoms with van der Waals surface area (Å²) < 4.78 is 16.0. The average molecular weight is 385 g/mol. The molecule has 6 nitrogen and oxygen atoms in total. The van der Waals surface area contributed by atoms with E-state index in [-0.39, 0.29) is 11.2 Å². The summed E-state index contributed by atoms with van der Waals surface area (Å²) in [4.78, 5) is 30.6. The van der Waals surface area contributed by atoms with E-state index in [1.54, 1.807) is 26.4 Å². The number of carbonyl (C=O) groups is 2. The molecule has 0 saturated carbocycles. The molecule has 150 valence electrons. The minimum absolute atomic E-state index is 0.0197. The maximum absolute atomic E-state index is 13.2. The molecule has 6 heteroatoms. The maximum Gasteiger partial charge on any atom is 0.315 e. The van der Waals surface area contributed by atoms with E-state index in [1.807, 2.05) is 13.0 Å². The second-order valence-electron chi connectivity index (χ2n) is 8.14. The number of ether oxygens (including phenoxy) is 3. The molecular formula is C22H27NO5. The van der Waals surface area contributed by atoms with Crippen LogP contribution in [0.4, 0.5) is 0 Å². The van der Waals surface area contributed by atoms with E-state index in [0.29, 0.717) is 35.6 Å². The number of allylic oxidation sites excluding steroid dienone is 2. The molecule has 0 saturated heterocycles. The molecule has 2 atom stereocenters. The Balaban J connectivity index is 2.27. The lowest BCUT2D eigenvalue weighted by Gasteiger charge is -2.39. The third kappa shape index (κ3) is 3.43. The number of hydrogen-bond acceptors (Lipinski definition) is 6. The molecule has 0 spiro atoms. The molecule has 1 aliphatic heterocycles. The van der Waals surface area contributed by atoms with Crippen LogP contribution >= 0.6 is 0 Å². The van der Waals surface area contributed by atoms with Crippen LogP contribution in [-0.2, 0) is 14.3 Å². The third-order valence-corrected chi connectivity index (χ3v) is 5.53. The molecule has 0 amide bonds. The number of nitrogens with zero attached hydrogens (tertiary/aromatic N) is 1. The smallest absolute Gasteiger partial charge is 0.315 e. The first kappa shape index (κ1) is 20.1. The highest BCUT2D eigenvalue weighted by atomic mass is 16.5. The van der Waals surface area contributed by atoms with E-state index >= 15 is 0 Å². The minimum Gasteiger partial charge on any atom is -0.497 e. The number of rotatable bonds is 4. The number of benzene rings is 1. The summed E-state index contributed by atoms with van der Waals surface area (Å²) in [5, 5.41) is 0. The summed E-state index contributed by atoms with van der Waals surface area (Å²) in [7, 11) is 4.50. The summed E-state index contributed by atoms with van der Waals surface area (Å²) in [5.74, 6) is -0.376. The Morgan fingerprint density at radius 3 is 2.46 bits per heavy atom.